The summed E-state index contributed by atoms with van der Waals surface area (Å²) in [6.45, 7) is 4.95. The lowest BCUT2D eigenvalue weighted by Gasteiger charge is -2.10. The average Bonchev–Trinajstić information content (AvgIpc) is 3.20. The standard InChI is InChI=1S/C28H29N3O3/c1-3-26-25(15-16-32)27(4-2)31(30-26)18-20-10-13-24(14-11-20)29-28(33)34-19-21-9-12-22-7-5-6-8-23(22)17-21/h5-14,16-17H,3-4,15,18-19H2,1-2H3,(H,29,33). The largest absolute Gasteiger partial charge is 0.444 e. The van der Waals surface area contributed by atoms with Crippen LogP contribution in [0.4, 0.5) is 10.5 Å². The van der Waals surface area contributed by atoms with Gasteiger partial charge in [-0.15, -0.1) is 0 Å². The molecule has 4 rings (SSSR count). The second-order valence-electron chi connectivity index (χ2n) is 8.19. The molecule has 6 nitrogen and oxygen atoms in total. The molecule has 174 valence electrons. The van der Waals surface area contributed by atoms with E-state index in [1.54, 1.807) is 0 Å². The second-order valence-corrected chi connectivity index (χ2v) is 8.19. The SMILES string of the molecule is CCc1nn(Cc2ccc(NC(=O)OCc3ccc4ccccc4c3)cc2)c(CC)c1CC=O. The Labute approximate surface area is 199 Å². The molecule has 34 heavy (non-hydrogen) atoms. The van der Waals surface area contributed by atoms with Crippen LogP contribution < -0.4 is 5.32 Å². The molecule has 1 aromatic heterocycles. The van der Waals surface area contributed by atoms with Gasteiger partial charge in [-0.2, -0.15) is 5.10 Å². The normalized spacial score (nSPS) is 10.9. The number of nitrogens with one attached hydrogen (secondary N) is 1. The maximum Gasteiger partial charge on any atom is 0.411 e. The molecule has 4 aromatic rings. The molecule has 0 fully saturated rings. The van der Waals surface area contributed by atoms with Crippen molar-refractivity contribution < 1.29 is 14.3 Å². The minimum Gasteiger partial charge on any atom is -0.444 e. The number of hydrogen-bond acceptors (Lipinski definition) is 4. The third-order valence-electron chi connectivity index (χ3n) is 5.92. The maximum absolute atomic E-state index is 12.3. The highest BCUT2D eigenvalue weighted by Crippen LogP contribution is 2.20. The van der Waals surface area contributed by atoms with Crippen LogP contribution in [-0.2, 0) is 41.9 Å². The smallest absolute Gasteiger partial charge is 0.411 e. The van der Waals surface area contributed by atoms with Crippen molar-refractivity contribution >= 4 is 28.8 Å². The van der Waals surface area contributed by atoms with Crippen LogP contribution in [0, 0.1) is 0 Å². The molecular formula is C28H29N3O3. The van der Waals surface area contributed by atoms with E-state index in [1.807, 2.05) is 65.3 Å². The lowest BCUT2D eigenvalue weighted by atomic mass is 10.1. The number of aryl methyl sites for hydroxylation is 1. The van der Waals surface area contributed by atoms with Crippen LogP contribution in [0.2, 0.25) is 0 Å². The van der Waals surface area contributed by atoms with Crippen molar-refractivity contribution in [3.05, 3.63) is 94.8 Å². The minimum atomic E-state index is -0.493. The first-order valence-corrected chi connectivity index (χ1v) is 11.6. The number of carbonyl (C=O) groups excluding carboxylic acids is 2. The summed E-state index contributed by atoms with van der Waals surface area (Å²) in [5, 5.41) is 9.78. The van der Waals surface area contributed by atoms with E-state index < -0.39 is 6.09 Å². The van der Waals surface area contributed by atoms with E-state index in [0.29, 0.717) is 18.7 Å². The third-order valence-corrected chi connectivity index (χ3v) is 5.92. The first-order valence-electron chi connectivity index (χ1n) is 11.6. The van der Waals surface area contributed by atoms with Crippen molar-refractivity contribution in [2.75, 3.05) is 5.32 Å². The van der Waals surface area contributed by atoms with Crippen LogP contribution in [0.1, 0.15) is 41.9 Å². The van der Waals surface area contributed by atoms with Crippen LogP contribution in [0.3, 0.4) is 0 Å². The predicted octanol–water partition coefficient (Wildman–Crippen LogP) is 5.70. The van der Waals surface area contributed by atoms with Gasteiger partial charge in [0.15, 0.2) is 0 Å². The molecule has 0 aliphatic heterocycles. The van der Waals surface area contributed by atoms with E-state index in [9.17, 15) is 9.59 Å². The predicted molar refractivity (Wildman–Crippen MR) is 134 cm³/mol. The van der Waals surface area contributed by atoms with Crippen molar-refractivity contribution in [2.45, 2.75) is 46.3 Å². The molecule has 0 spiro atoms. The van der Waals surface area contributed by atoms with Crippen LogP contribution >= 0.6 is 0 Å². The molecule has 0 bridgehead atoms. The summed E-state index contributed by atoms with van der Waals surface area (Å²) in [7, 11) is 0. The summed E-state index contributed by atoms with van der Waals surface area (Å²) < 4.78 is 7.38. The van der Waals surface area contributed by atoms with Gasteiger partial charge in [0.1, 0.15) is 12.9 Å². The summed E-state index contributed by atoms with van der Waals surface area (Å²) in [4.78, 5) is 23.4. The third kappa shape index (κ3) is 5.34. The molecule has 0 atom stereocenters. The van der Waals surface area contributed by atoms with Crippen LogP contribution in [0.15, 0.2) is 66.7 Å². The van der Waals surface area contributed by atoms with Crippen molar-refractivity contribution in [1.29, 1.82) is 0 Å². The van der Waals surface area contributed by atoms with Crippen molar-refractivity contribution in [2.24, 2.45) is 0 Å². The number of aromatic nitrogens is 2. The molecule has 1 heterocycles. The van der Waals surface area contributed by atoms with Gasteiger partial charge in [-0.25, -0.2) is 4.79 Å². The number of anilines is 1. The Kier molecular flexibility index (Phi) is 7.38. The highest BCUT2D eigenvalue weighted by atomic mass is 16.5. The molecular weight excluding hydrogens is 426 g/mol. The van der Waals surface area contributed by atoms with Gasteiger partial charge in [-0.1, -0.05) is 62.4 Å². The molecule has 3 aromatic carbocycles. The zero-order chi connectivity index (χ0) is 23.9. The Hall–Kier alpha value is -3.93. The minimum absolute atomic E-state index is 0.205. The van der Waals surface area contributed by atoms with E-state index >= 15 is 0 Å². The summed E-state index contributed by atoms with van der Waals surface area (Å²) in [5.74, 6) is 0. The number of ether oxygens (including phenoxy) is 1. The molecule has 0 aliphatic rings. The van der Waals surface area contributed by atoms with Gasteiger partial charge in [0.25, 0.3) is 0 Å². The molecule has 0 unspecified atom stereocenters. The van der Waals surface area contributed by atoms with Gasteiger partial charge in [-0.05, 0) is 52.9 Å². The molecule has 1 N–H and O–H groups in total. The van der Waals surface area contributed by atoms with Crippen LogP contribution in [0.25, 0.3) is 10.8 Å². The van der Waals surface area contributed by atoms with Gasteiger partial charge in [0.05, 0.1) is 12.2 Å². The zero-order valence-corrected chi connectivity index (χ0v) is 19.6. The Morgan fingerprint density at radius 3 is 2.41 bits per heavy atom. The number of fused-ring (bicyclic) bond motifs is 1. The van der Waals surface area contributed by atoms with Crippen molar-refractivity contribution in [3.63, 3.8) is 0 Å². The zero-order valence-electron chi connectivity index (χ0n) is 19.6. The quantitative estimate of drug-likeness (QED) is 0.329. The molecule has 1 amide bonds. The van der Waals surface area contributed by atoms with E-state index in [2.05, 4.69) is 25.2 Å². The number of carbonyl (C=O) groups is 2. The van der Waals surface area contributed by atoms with E-state index in [4.69, 9.17) is 9.84 Å². The van der Waals surface area contributed by atoms with Gasteiger partial charge in [-0.3, -0.25) is 10.00 Å². The number of nitrogens with zero attached hydrogens (tertiary/aromatic N) is 2. The van der Waals surface area contributed by atoms with Gasteiger partial charge >= 0.3 is 6.09 Å². The summed E-state index contributed by atoms with van der Waals surface area (Å²) in [5.41, 5.74) is 5.80. The number of hydrogen-bond donors (Lipinski definition) is 1. The summed E-state index contributed by atoms with van der Waals surface area (Å²) in [6, 6.07) is 21.8. The Balaban J connectivity index is 1.36. The Morgan fingerprint density at radius 2 is 1.71 bits per heavy atom. The van der Waals surface area contributed by atoms with Gasteiger partial charge in [0, 0.05) is 23.4 Å². The molecule has 0 aliphatic carbocycles. The fourth-order valence-electron chi connectivity index (χ4n) is 4.22. The van der Waals surface area contributed by atoms with E-state index in [-0.39, 0.29) is 6.61 Å². The van der Waals surface area contributed by atoms with Crippen LogP contribution in [0.5, 0.6) is 0 Å². The van der Waals surface area contributed by atoms with Crippen molar-refractivity contribution in [3.8, 4) is 0 Å². The molecule has 6 heteroatoms. The van der Waals surface area contributed by atoms with E-state index in [1.165, 1.54) is 0 Å². The fraction of sp³-hybridized carbons (Fsp3) is 0.250. The lowest BCUT2D eigenvalue weighted by Crippen LogP contribution is -2.13. The Morgan fingerprint density at radius 1 is 0.971 bits per heavy atom. The summed E-state index contributed by atoms with van der Waals surface area (Å²) >= 11 is 0. The summed E-state index contributed by atoms with van der Waals surface area (Å²) in [6.07, 6.45) is 2.47. The maximum atomic E-state index is 12.3. The highest BCUT2D eigenvalue weighted by Gasteiger charge is 2.15. The molecule has 0 saturated carbocycles. The molecule has 0 radical (unpaired) electrons. The first-order chi connectivity index (χ1) is 16.6. The first kappa shape index (κ1) is 23.2. The second kappa shape index (κ2) is 10.8. The van der Waals surface area contributed by atoms with E-state index in [0.717, 1.165) is 58.0 Å². The van der Waals surface area contributed by atoms with Crippen molar-refractivity contribution in [1.82, 2.24) is 9.78 Å². The Bertz CT molecular complexity index is 1290. The average molecular weight is 456 g/mol. The van der Waals surface area contributed by atoms with Gasteiger partial charge in [0.2, 0.25) is 0 Å². The fourth-order valence-corrected chi connectivity index (χ4v) is 4.22. The number of amides is 1. The van der Waals surface area contributed by atoms with Gasteiger partial charge < -0.3 is 9.53 Å². The molecule has 0 saturated heterocycles. The number of rotatable bonds is 9. The van der Waals surface area contributed by atoms with Crippen LogP contribution in [-0.4, -0.2) is 22.2 Å². The number of aldehydes is 1. The topological polar surface area (TPSA) is 73.2 Å². The monoisotopic (exact) mass is 455 g/mol. The lowest BCUT2D eigenvalue weighted by molar-refractivity contribution is -0.107. The number of benzene rings is 3. The highest BCUT2D eigenvalue weighted by molar-refractivity contribution is 5.85.